The van der Waals surface area contributed by atoms with Crippen LogP contribution in [-0.2, 0) is 6.42 Å². The molecule has 0 spiro atoms. The van der Waals surface area contributed by atoms with Crippen molar-refractivity contribution in [2.45, 2.75) is 26.3 Å². The lowest BCUT2D eigenvalue weighted by atomic mass is 10.1. The molecule has 0 radical (unpaired) electrons. The van der Waals surface area contributed by atoms with E-state index in [0.717, 1.165) is 16.1 Å². The summed E-state index contributed by atoms with van der Waals surface area (Å²) in [7, 11) is 0. The smallest absolute Gasteiger partial charge is 0.223 e. The molecule has 158 valence electrons. The average Bonchev–Trinajstić information content (AvgIpc) is 3.15. The molecule has 0 fully saturated rings. The van der Waals surface area contributed by atoms with Crippen molar-refractivity contribution < 1.29 is 9.50 Å². The van der Waals surface area contributed by atoms with Crippen molar-refractivity contribution in [2.24, 2.45) is 0 Å². The quantitative estimate of drug-likeness (QED) is 0.406. The molecule has 0 amide bonds. The van der Waals surface area contributed by atoms with Crippen molar-refractivity contribution >= 4 is 17.3 Å². The number of hydrogen-bond acceptors (Lipinski definition) is 6. The third-order valence-corrected chi connectivity index (χ3v) is 6.26. The molecule has 31 heavy (non-hydrogen) atoms. The maximum Gasteiger partial charge on any atom is 0.223 e. The lowest BCUT2D eigenvalue weighted by Gasteiger charge is -2.16. The van der Waals surface area contributed by atoms with Gasteiger partial charge in [-0.3, -0.25) is 0 Å². The summed E-state index contributed by atoms with van der Waals surface area (Å²) in [6.45, 7) is 4.00. The van der Waals surface area contributed by atoms with Crippen molar-refractivity contribution in [2.75, 3.05) is 11.9 Å². The van der Waals surface area contributed by atoms with Crippen molar-refractivity contribution in [1.82, 2.24) is 15.0 Å². The van der Waals surface area contributed by atoms with Gasteiger partial charge in [-0.05, 0) is 25.5 Å². The minimum absolute atomic E-state index is 0.00339. The van der Waals surface area contributed by atoms with Gasteiger partial charge in [-0.1, -0.05) is 48.5 Å². The maximum absolute atomic E-state index is 14.6. The largest absolute Gasteiger partial charge is 0.396 e. The summed E-state index contributed by atoms with van der Waals surface area (Å²) in [5.74, 6) is 0.109. The number of anilines is 1. The van der Waals surface area contributed by atoms with Gasteiger partial charge in [0.15, 0.2) is 0 Å². The first-order valence-electron chi connectivity index (χ1n) is 10.1. The SMILES string of the molecule is Cc1nc(-c2nc(NC(C)c3ccccc3)ncc2-c2ccccc2F)sc1CCO. The summed E-state index contributed by atoms with van der Waals surface area (Å²) in [6.07, 6.45) is 2.17. The van der Waals surface area contributed by atoms with Gasteiger partial charge < -0.3 is 10.4 Å². The molecule has 2 heterocycles. The van der Waals surface area contributed by atoms with Crippen LogP contribution < -0.4 is 5.32 Å². The van der Waals surface area contributed by atoms with Crippen LogP contribution in [0.1, 0.15) is 29.1 Å². The van der Waals surface area contributed by atoms with E-state index >= 15 is 0 Å². The van der Waals surface area contributed by atoms with Crippen LogP contribution in [0.15, 0.2) is 60.8 Å². The van der Waals surface area contributed by atoms with E-state index in [1.54, 1.807) is 24.4 Å². The molecule has 0 bridgehead atoms. The van der Waals surface area contributed by atoms with E-state index in [4.69, 9.17) is 4.98 Å². The minimum atomic E-state index is -0.338. The van der Waals surface area contributed by atoms with Crippen molar-refractivity contribution in [1.29, 1.82) is 0 Å². The van der Waals surface area contributed by atoms with Crippen molar-refractivity contribution in [3.05, 3.63) is 82.7 Å². The van der Waals surface area contributed by atoms with Crippen LogP contribution in [-0.4, -0.2) is 26.7 Å². The molecule has 2 aromatic carbocycles. The van der Waals surface area contributed by atoms with Crippen LogP contribution in [0.3, 0.4) is 0 Å². The molecule has 0 saturated heterocycles. The zero-order chi connectivity index (χ0) is 21.8. The predicted molar refractivity (Wildman–Crippen MR) is 123 cm³/mol. The van der Waals surface area contributed by atoms with Gasteiger partial charge in [0.05, 0.1) is 11.7 Å². The number of aryl methyl sites for hydroxylation is 1. The van der Waals surface area contributed by atoms with E-state index < -0.39 is 0 Å². The lowest BCUT2D eigenvalue weighted by molar-refractivity contribution is 0.300. The zero-order valence-corrected chi connectivity index (χ0v) is 18.2. The molecule has 7 heteroatoms. The third-order valence-electron chi connectivity index (χ3n) is 5.03. The highest BCUT2D eigenvalue weighted by molar-refractivity contribution is 7.15. The first-order valence-corrected chi connectivity index (χ1v) is 10.9. The van der Waals surface area contributed by atoms with Gasteiger partial charge in [-0.25, -0.2) is 19.3 Å². The highest BCUT2D eigenvalue weighted by Gasteiger charge is 2.19. The zero-order valence-electron chi connectivity index (χ0n) is 17.3. The van der Waals surface area contributed by atoms with E-state index in [1.807, 2.05) is 44.2 Å². The summed E-state index contributed by atoms with van der Waals surface area (Å²) in [5.41, 5.74) is 3.54. The first-order chi connectivity index (χ1) is 15.1. The fourth-order valence-electron chi connectivity index (χ4n) is 3.37. The van der Waals surface area contributed by atoms with E-state index in [-0.39, 0.29) is 18.5 Å². The Labute approximate surface area is 184 Å². The van der Waals surface area contributed by atoms with Gasteiger partial charge in [-0.2, -0.15) is 0 Å². The molecular formula is C24H23FN4OS. The molecule has 4 rings (SSSR count). The average molecular weight is 435 g/mol. The van der Waals surface area contributed by atoms with Crippen LogP contribution in [0.5, 0.6) is 0 Å². The van der Waals surface area contributed by atoms with Crippen LogP contribution in [0.4, 0.5) is 10.3 Å². The number of aromatic nitrogens is 3. The molecular weight excluding hydrogens is 411 g/mol. The molecule has 0 aliphatic heterocycles. The highest BCUT2D eigenvalue weighted by atomic mass is 32.1. The predicted octanol–water partition coefficient (Wildman–Crippen LogP) is 5.42. The summed E-state index contributed by atoms with van der Waals surface area (Å²) in [4.78, 5) is 14.8. The van der Waals surface area contributed by atoms with Crippen molar-refractivity contribution in [3.63, 3.8) is 0 Å². The van der Waals surface area contributed by atoms with E-state index in [2.05, 4.69) is 15.3 Å². The number of aliphatic hydroxyl groups is 1. The molecule has 1 unspecified atom stereocenters. The molecule has 4 aromatic rings. The highest BCUT2D eigenvalue weighted by Crippen LogP contribution is 2.36. The number of rotatable bonds is 7. The van der Waals surface area contributed by atoms with Crippen LogP contribution >= 0.6 is 11.3 Å². The molecule has 1 atom stereocenters. The second-order valence-electron chi connectivity index (χ2n) is 7.21. The Balaban J connectivity index is 1.78. The number of aliphatic hydroxyl groups excluding tert-OH is 1. The number of nitrogens with one attached hydrogen (secondary N) is 1. The van der Waals surface area contributed by atoms with Crippen LogP contribution in [0.2, 0.25) is 0 Å². The second-order valence-corrected chi connectivity index (χ2v) is 8.30. The monoisotopic (exact) mass is 434 g/mol. The summed E-state index contributed by atoms with van der Waals surface area (Å²) in [6, 6.07) is 16.6. The molecule has 2 aromatic heterocycles. The number of benzene rings is 2. The fourth-order valence-corrected chi connectivity index (χ4v) is 4.43. The molecule has 0 aliphatic rings. The topological polar surface area (TPSA) is 70.9 Å². The van der Waals surface area contributed by atoms with E-state index in [9.17, 15) is 9.50 Å². The number of hydrogen-bond donors (Lipinski definition) is 2. The maximum atomic E-state index is 14.6. The minimum Gasteiger partial charge on any atom is -0.396 e. The Morgan fingerprint density at radius 3 is 2.52 bits per heavy atom. The third kappa shape index (κ3) is 4.62. The first kappa shape index (κ1) is 21.1. The fraction of sp³-hybridized carbons (Fsp3) is 0.208. The van der Waals surface area contributed by atoms with Gasteiger partial charge in [0.25, 0.3) is 0 Å². The van der Waals surface area contributed by atoms with Crippen LogP contribution in [0.25, 0.3) is 21.8 Å². The normalized spacial score (nSPS) is 12.0. The van der Waals surface area contributed by atoms with Gasteiger partial charge in [0.2, 0.25) is 5.95 Å². The Kier molecular flexibility index (Phi) is 6.34. The van der Waals surface area contributed by atoms with Crippen LogP contribution in [0, 0.1) is 12.7 Å². The van der Waals surface area contributed by atoms with Gasteiger partial charge in [0, 0.05) is 35.2 Å². The Morgan fingerprint density at radius 2 is 1.77 bits per heavy atom. The molecule has 5 nitrogen and oxygen atoms in total. The number of nitrogens with zero attached hydrogens (tertiary/aromatic N) is 3. The Hall–Kier alpha value is -3.16. The molecule has 0 saturated carbocycles. The van der Waals surface area contributed by atoms with E-state index in [1.165, 1.54) is 17.4 Å². The number of halogens is 1. The second kappa shape index (κ2) is 9.32. The van der Waals surface area contributed by atoms with Gasteiger partial charge in [-0.15, -0.1) is 11.3 Å². The summed E-state index contributed by atoms with van der Waals surface area (Å²) < 4.78 is 14.6. The summed E-state index contributed by atoms with van der Waals surface area (Å²) >= 11 is 1.46. The van der Waals surface area contributed by atoms with Gasteiger partial charge >= 0.3 is 0 Å². The Bertz CT molecular complexity index is 1180. The lowest BCUT2D eigenvalue weighted by Crippen LogP contribution is -2.10. The summed E-state index contributed by atoms with van der Waals surface area (Å²) in [5, 5.41) is 13.3. The standard InChI is InChI=1S/C24H23FN4OS/c1-15(17-8-4-3-5-9-17)28-24-26-14-19(18-10-6-7-11-20(18)25)22(29-24)23-27-16(2)21(31-23)12-13-30/h3-11,14-15,30H,12-13H2,1-2H3,(H,26,28,29). The van der Waals surface area contributed by atoms with Crippen molar-refractivity contribution in [3.8, 4) is 21.8 Å². The van der Waals surface area contributed by atoms with E-state index in [0.29, 0.717) is 34.2 Å². The molecule has 0 aliphatic carbocycles. The number of thiazole rings is 1. The Morgan fingerprint density at radius 1 is 1.03 bits per heavy atom. The molecule has 2 N–H and O–H groups in total. The van der Waals surface area contributed by atoms with Gasteiger partial charge in [0.1, 0.15) is 16.5 Å².